The molecule has 1 aromatic carbocycles. The van der Waals surface area contributed by atoms with E-state index in [2.05, 4.69) is 6.07 Å². The van der Waals surface area contributed by atoms with Crippen LogP contribution in [0.25, 0.3) is 10.1 Å². The topological polar surface area (TPSA) is 44.0 Å². The summed E-state index contributed by atoms with van der Waals surface area (Å²) in [6.45, 7) is 1.99. The third-order valence-corrected chi connectivity index (χ3v) is 2.94. The highest BCUT2D eigenvalue weighted by molar-refractivity contribution is 7.19. The van der Waals surface area contributed by atoms with Gasteiger partial charge in [-0.3, -0.25) is 0 Å². The molecule has 0 saturated carbocycles. The van der Waals surface area contributed by atoms with Gasteiger partial charge in [0.2, 0.25) is 0 Å². The van der Waals surface area contributed by atoms with Crippen molar-refractivity contribution in [3.63, 3.8) is 0 Å². The third-order valence-electron chi connectivity index (χ3n) is 1.84. The van der Waals surface area contributed by atoms with Crippen LogP contribution in [-0.2, 0) is 0 Å². The van der Waals surface area contributed by atoms with Gasteiger partial charge < -0.3 is 5.11 Å². The number of phenolic OH excluding ortho intramolecular Hbond substituents is 1. The number of hydrogen-bond acceptors (Lipinski definition) is 3. The van der Waals surface area contributed by atoms with Crippen molar-refractivity contribution in [3.05, 3.63) is 28.6 Å². The molecule has 0 spiro atoms. The lowest BCUT2D eigenvalue weighted by molar-refractivity contribution is 0.476. The maximum absolute atomic E-state index is 9.30. The molecule has 0 aliphatic rings. The Balaban J connectivity index is 2.90. The molecule has 0 unspecified atom stereocenters. The lowest BCUT2D eigenvalue weighted by Crippen LogP contribution is -1.73. The van der Waals surface area contributed by atoms with Gasteiger partial charge in [0, 0.05) is 4.88 Å². The molecule has 2 rings (SSSR count). The molecule has 2 nitrogen and oxygen atoms in total. The van der Waals surface area contributed by atoms with Crippen LogP contribution in [0, 0.1) is 18.3 Å². The van der Waals surface area contributed by atoms with Gasteiger partial charge in [-0.1, -0.05) is 0 Å². The minimum Gasteiger partial charge on any atom is -0.508 e. The second-order valence-corrected chi connectivity index (χ2v) is 4.14. The molecule has 0 bridgehead atoms. The van der Waals surface area contributed by atoms with Crippen LogP contribution in [0.3, 0.4) is 0 Å². The van der Waals surface area contributed by atoms with Crippen molar-refractivity contribution in [2.45, 2.75) is 6.92 Å². The zero-order chi connectivity index (χ0) is 9.42. The van der Waals surface area contributed by atoms with Crippen LogP contribution in [0.5, 0.6) is 5.75 Å². The molecule has 1 heterocycles. The van der Waals surface area contributed by atoms with E-state index in [0.717, 1.165) is 15.0 Å². The zero-order valence-electron chi connectivity index (χ0n) is 7.03. The van der Waals surface area contributed by atoms with E-state index >= 15 is 0 Å². The molecular weight excluding hydrogens is 182 g/mol. The molecular formula is C10H7NOS. The van der Waals surface area contributed by atoms with Crippen molar-refractivity contribution < 1.29 is 5.11 Å². The Kier molecular flexibility index (Phi) is 1.71. The second-order valence-electron chi connectivity index (χ2n) is 2.88. The number of rotatable bonds is 0. The van der Waals surface area contributed by atoms with Gasteiger partial charge in [0.05, 0.1) is 10.3 Å². The number of aryl methyl sites for hydroxylation is 1. The third kappa shape index (κ3) is 1.25. The van der Waals surface area contributed by atoms with Crippen LogP contribution in [0.4, 0.5) is 0 Å². The van der Waals surface area contributed by atoms with Crippen LogP contribution in [-0.4, -0.2) is 5.11 Å². The van der Waals surface area contributed by atoms with Crippen molar-refractivity contribution in [3.8, 4) is 11.8 Å². The van der Waals surface area contributed by atoms with Gasteiger partial charge in [-0.25, -0.2) is 0 Å². The minimum atomic E-state index is 0.154. The van der Waals surface area contributed by atoms with Crippen molar-refractivity contribution in [2.75, 3.05) is 0 Å². The molecule has 0 saturated heterocycles. The number of benzene rings is 1. The van der Waals surface area contributed by atoms with Gasteiger partial charge in [-0.2, -0.15) is 5.26 Å². The molecule has 0 aliphatic heterocycles. The van der Waals surface area contributed by atoms with E-state index in [0.29, 0.717) is 5.56 Å². The van der Waals surface area contributed by atoms with E-state index in [1.165, 1.54) is 6.07 Å². The smallest absolute Gasteiger partial charge is 0.117 e. The summed E-state index contributed by atoms with van der Waals surface area (Å²) in [5.74, 6) is 0.154. The largest absolute Gasteiger partial charge is 0.508 e. The molecule has 0 atom stereocenters. The maximum Gasteiger partial charge on any atom is 0.117 e. The number of hydrogen-bond donors (Lipinski definition) is 1. The summed E-state index contributed by atoms with van der Waals surface area (Å²) in [7, 11) is 0. The molecule has 1 N–H and O–H groups in total. The average Bonchev–Trinajstić information content (AvgIpc) is 2.43. The van der Waals surface area contributed by atoms with E-state index < -0.39 is 0 Å². The number of phenols is 1. The lowest BCUT2D eigenvalue weighted by Gasteiger charge is -1.94. The van der Waals surface area contributed by atoms with Gasteiger partial charge in [-0.15, -0.1) is 11.3 Å². The minimum absolute atomic E-state index is 0.154. The Morgan fingerprint density at radius 2 is 2.15 bits per heavy atom. The van der Waals surface area contributed by atoms with Crippen LogP contribution < -0.4 is 0 Å². The van der Waals surface area contributed by atoms with E-state index in [1.54, 1.807) is 17.4 Å². The maximum atomic E-state index is 9.30. The van der Waals surface area contributed by atoms with E-state index in [4.69, 9.17) is 5.26 Å². The predicted octanol–water partition coefficient (Wildman–Crippen LogP) is 2.79. The summed E-state index contributed by atoms with van der Waals surface area (Å²) in [6, 6.07) is 7.23. The molecule has 0 fully saturated rings. The SMILES string of the molecule is Cc1cc2cc(O)cc(C#N)c2s1. The Hall–Kier alpha value is -1.53. The Labute approximate surface area is 79.7 Å². The summed E-state index contributed by atoms with van der Waals surface area (Å²) >= 11 is 1.58. The number of aromatic hydroxyl groups is 1. The first-order valence-electron chi connectivity index (χ1n) is 3.84. The van der Waals surface area contributed by atoms with Gasteiger partial charge >= 0.3 is 0 Å². The van der Waals surface area contributed by atoms with E-state index in [1.807, 2.05) is 13.0 Å². The van der Waals surface area contributed by atoms with Crippen LogP contribution in [0.15, 0.2) is 18.2 Å². The normalized spacial score (nSPS) is 10.2. The van der Waals surface area contributed by atoms with Gasteiger partial charge in [0.1, 0.15) is 11.8 Å². The molecule has 3 heteroatoms. The quantitative estimate of drug-likeness (QED) is 0.692. The van der Waals surface area contributed by atoms with E-state index in [-0.39, 0.29) is 5.75 Å². The van der Waals surface area contributed by atoms with E-state index in [9.17, 15) is 5.11 Å². The summed E-state index contributed by atoms with van der Waals surface area (Å²) in [4.78, 5) is 1.15. The number of nitrogens with zero attached hydrogens (tertiary/aromatic N) is 1. The Morgan fingerprint density at radius 3 is 2.85 bits per heavy atom. The molecule has 13 heavy (non-hydrogen) atoms. The summed E-state index contributed by atoms with van der Waals surface area (Å²) in [5.41, 5.74) is 0.549. The monoisotopic (exact) mass is 189 g/mol. The highest BCUT2D eigenvalue weighted by Gasteiger charge is 2.05. The fraction of sp³-hybridized carbons (Fsp3) is 0.100. The predicted molar refractivity (Wildman–Crippen MR) is 52.9 cm³/mol. The van der Waals surface area contributed by atoms with Crippen molar-refractivity contribution >= 4 is 21.4 Å². The Morgan fingerprint density at radius 1 is 1.38 bits per heavy atom. The number of thiophene rings is 1. The van der Waals surface area contributed by atoms with Crippen molar-refractivity contribution in [1.82, 2.24) is 0 Å². The van der Waals surface area contributed by atoms with Crippen molar-refractivity contribution in [1.29, 1.82) is 5.26 Å². The molecule has 0 aliphatic carbocycles. The average molecular weight is 189 g/mol. The zero-order valence-corrected chi connectivity index (χ0v) is 7.85. The van der Waals surface area contributed by atoms with Gasteiger partial charge in [-0.05, 0) is 30.5 Å². The fourth-order valence-corrected chi connectivity index (χ4v) is 2.31. The molecule has 1 aromatic heterocycles. The van der Waals surface area contributed by atoms with Gasteiger partial charge in [0.25, 0.3) is 0 Å². The molecule has 0 radical (unpaired) electrons. The van der Waals surface area contributed by atoms with Crippen LogP contribution >= 0.6 is 11.3 Å². The highest BCUT2D eigenvalue weighted by atomic mass is 32.1. The first-order chi connectivity index (χ1) is 6.20. The number of nitriles is 1. The van der Waals surface area contributed by atoms with Crippen molar-refractivity contribution in [2.24, 2.45) is 0 Å². The lowest BCUT2D eigenvalue weighted by atomic mass is 10.1. The summed E-state index contributed by atoms with van der Waals surface area (Å²) < 4.78 is 0.956. The second kappa shape index (κ2) is 2.75. The Bertz CT molecular complexity index is 507. The van der Waals surface area contributed by atoms with Gasteiger partial charge in [0.15, 0.2) is 0 Å². The summed E-state index contributed by atoms with van der Waals surface area (Å²) in [6.07, 6.45) is 0. The molecule has 64 valence electrons. The van der Waals surface area contributed by atoms with Crippen LogP contribution in [0.2, 0.25) is 0 Å². The highest BCUT2D eigenvalue weighted by Crippen LogP contribution is 2.31. The molecule has 2 aromatic rings. The van der Waals surface area contributed by atoms with Crippen LogP contribution in [0.1, 0.15) is 10.4 Å². The first-order valence-corrected chi connectivity index (χ1v) is 4.65. The summed E-state index contributed by atoms with van der Waals surface area (Å²) in [5, 5.41) is 19.1. The number of fused-ring (bicyclic) bond motifs is 1. The molecule has 0 amide bonds. The standard InChI is InChI=1S/C10H7NOS/c1-6-2-7-3-9(12)4-8(5-11)10(7)13-6/h2-4,12H,1H3. The first kappa shape index (κ1) is 8.09. The fourth-order valence-electron chi connectivity index (χ4n) is 1.35.